The number of nitrogens with zero attached hydrogens (tertiary/aromatic N) is 1. The molecule has 0 spiro atoms. The van der Waals surface area contributed by atoms with Crippen LogP contribution in [0.1, 0.15) is 9.75 Å². The predicted octanol–water partition coefficient (Wildman–Crippen LogP) is 6.94. The third kappa shape index (κ3) is 3.58. The Kier molecular flexibility index (Phi) is 4.96. The second-order valence-corrected chi connectivity index (χ2v) is 9.70. The molecule has 0 saturated carbocycles. The zero-order chi connectivity index (χ0) is 21.5. The molecule has 3 heterocycles. The van der Waals surface area contributed by atoms with Gasteiger partial charge in [0.25, 0.3) is 0 Å². The van der Waals surface area contributed by atoms with Crippen LogP contribution in [-0.2, 0) is 0 Å². The molecule has 0 unspecified atom stereocenters. The topological polar surface area (TPSA) is 52.3 Å². The van der Waals surface area contributed by atoms with Crippen LogP contribution in [0.5, 0.6) is 5.75 Å². The van der Waals surface area contributed by atoms with E-state index in [2.05, 4.69) is 19.9 Å². The van der Waals surface area contributed by atoms with E-state index in [1.54, 1.807) is 18.4 Å². The van der Waals surface area contributed by atoms with Gasteiger partial charge in [-0.1, -0.05) is 18.2 Å². The molecule has 5 aromatic rings. The SMILES string of the molecule is COc1ccc(-c2nc(-c3cc(C)sc3C)c(-c3cc4ccccc4oc3=O)s2)cc1. The van der Waals surface area contributed by atoms with Crippen molar-refractivity contribution in [2.75, 3.05) is 7.11 Å². The number of benzene rings is 2. The zero-order valence-corrected chi connectivity index (χ0v) is 18.9. The first kappa shape index (κ1) is 19.7. The monoisotopic (exact) mass is 445 g/mol. The molecule has 0 atom stereocenters. The second kappa shape index (κ2) is 7.80. The van der Waals surface area contributed by atoms with Crippen LogP contribution in [0.15, 0.2) is 69.9 Å². The first-order valence-electron chi connectivity index (χ1n) is 9.79. The molecule has 2 aromatic carbocycles. The number of thiazole rings is 1. The summed E-state index contributed by atoms with van der Waals surface area (Å²) in [7, 11) is 1.65. The number of ether oxygens (including phenoxy) is 1. The highest BCUT2D eigenvalue weighted by atomic mass is 32.1. The lowest BCUT2D eigenvalue weighted by Crippen LogP contribution is -2.02. The Bertz CT molecular complexity index is 1460. The second-order valence-electron chi connectivity index (χ2n) is 7.24. The average molecular weight is 446 g/mol. The van der Waals surface area contributed by atoms with Crippen LogP contribution < -0.4 is 10.4 Å². The third-order valence-corrected chi connectivity index (χ3v) is 7.25. The maximum absolute atomic E-state index is 12.9. The van der Waals surface area contributed by atoms with Gasteiger partial charge in [0.15, 0.2) is 0 Å². The summed E-state index contributed by atoms with van der Waals surface area (Å²) in [5, 5.41) is 1.74. The van der Waals surface area contributed by atoms with Crippen molar-refractivity contribution < 1.29 is 9.15 Å². The lowest BCUT2D eigenvalue weighted by molar-refractivity contribution is 0.415. The molecule has 0 N–H and O–H groups in total. The van der Waals surface area contributed by atoms with Gasteiger partial charge in [-0.3, -0.25) is 0 Å². The average Bonchev–Trinajstić information content (AvgIpc) is 3.36. The number of aryl methyl sites for hydroxylation is 2. The fourth-order valence-electron chi connectivity index (χ4n) is 3.63. The van der Waals surface area contributed by atoms with Crippen molar-refractivity contribution in [2.24, 2.45) is 0 Å². The third-order valence-electron chi connectivity index (χ3n) is 5.15. The number of rotatable bonds is 4. The van der Waals surface area contributed by atoms with Crippen LogP contribution in [0.4, 0.5) is 0 Å². The van der Waals surface area contributed by atoms with Gasteiger partial charge in [-0.15, -0.1) is 22.7 Å². The number of fused-ring (bicyclic) bond motifs is 1. The van der Waals surface area contributed by atoms with Gasteiger partial charge >= 0.3 is 5.63 Å². The Balaban J connectivity index is 1.75. The summed E-state index contributed by atoms with van der Waals surface area (Å²) in [5.74, 6) is 0.792. The molecule has 0 radical (unpaired) electrons. The number of methoxy groups -OCH3 is 1. The van der Waals surface area contributed by atoms with Crippen molar-refractivity contribution in [1.29, 1.82) is 0 Å². The van der Waals surface area contributed by atoms with E-state index in [1.165, 1.54) is 21.1 Å². The van der Waals surface area contributed by atoms with Crippen LogP contribution in [0.25, 0.3) is 43.2 Å². The fraction of sp³-hybridized carbons (Fsp3) is 0.120. The molecule has 5 rings (SSSR count). The number of aromatic nitrogens is 1. The maximum atomic E-state index is 12.9. The van der Waals surface area contributed by atoms with E-state index in [9.17, 15) is 4.79 Å². The summed E-state index contributed by atoms with van der Waals surface area (Å²) in [6.07, 6.45) is 0. The van der Waals surface area contributed by atoms with Crippen LogP contribution >= 0.6 is 22.7 Å². The number of thiophene rings is 1. The molecule has 31 heavy (non-hydrogen) atoms. The van der Waals surface area contributed by atoms with Gasteiger partial charge in [-0.25, -0.2) is 9.78 Å². The van der Waals surface area contributed by atoms with Crippen LogP contribution in [-0.4, -0.2) is 12.1 Å². The van der Waals surface area contributed by atoms with Gasteiger partial charge in [0, 0.05) is 26.3 Å². The van der Waals surface area contributed by atoms with E-state index >= 15 is 0 Å². The molecular weight excluding hydrogens is 426 g/mol. The van der Waals surface area contributed by atoms with Gasteiger partial charge < -0.3 is 9.15 Å². The van der Waals surface area contributed by atoms with Crippen molar-refractivity contribution in [3.63, 3.8) is 0 Å². The first-order valence-corrected chi connectivity index (χ1v) is 11.4. The molecule has 0 amide bonds. The van der Waals surface area contributed by atoms with Gasteiger partial charge in [-0.2, -0.15) is 0 Å². The van der Waals surface area contributed by atoms with Gasteiger partial charge in [0.2, 0.25) is 0 Å². The molecule has 0 aliphatic rings. The Morgan fingerprint density at radius 1 is 0.935 bits per heavy atom. The highest BCUT2D eigenvalue weighted by Crippen LogP contribution is 2.43. The van der Waals surface area contributed by atoms with Crippen molar-refractivity contribution in [2.45, 2.75) is 13.8 Å². The largest absolute Gasteiger partial charge is 0.497 e. The van der Waals surface area contributed by atoms with E-state index in [0.717, 1.165) is 37.8 Å². The first-order chi connectivity index (χ1) is 15.0. The molecular formula is C25H19NO3S2. The quantitative estimate of drug-likeness (QED) is 0.281. The van der Waals surface area contributed by atoms with E-state index in [1.807, 2.05) is 54.6 Å². The van der Waals surface area contributed by atoms with Crippen molar-refractivity contribution >= 4 is 33.6 Å². The fourth-order valence-corrected chi connectivity index (χ4v) is 5.64. The summed E-state index contributed by atoms with van der Waals surface area (Å²) in [4.78, 5) is 21.1. The highest BCUT2D eigenvalue weighted by Gasteiger charge is 2.22. The Morgan fingerprint density at radius 2 is 1.71 bits per heavy atom. The van der Waals surface area contributed by atoms with Crippen LogP contribution in [0.3, 0.4) is 0 Å². The van der Waals surface area contributed by atoms with Crippen molar-refractivity contribution in [3.8, 4) is 38.0 Å². The zero-order valence-electron chi connectivity index (χ0n) is 17.3. The summed E-state index contributed by atoms with van der Waals surface area (Å²) in [6, 6.07) is 19.4. The lowest BCUT2D eigenvalue weighted by atomic mass is 10.1. The Labute approximate surface area is 187 Å². The number of hydrogen-bond donors (Lipinski definition) is 0. The van der Waals surface area contributed by atoms with Crippen molar-refractivity contribution in [3.05, 3.63) is 80.8 Å². The van der Waals surface area contributed by atoms with Crippen LogP contribution in [0, 0.1) is 13.8 Å². The smallest absolute Gasteiger partial charge is 0.345 e. The van der Waals surface area contributed by atoms with Gasteiger partial charge in [0.1, 0.15) is 16.3 Å². The van der Waals surface area contributed by atoms with Gasteiger partial charge in [0.05, 0.1) is 23.2 Å². The number of para-hydroxylation sites is 1. The summed E-state index contributed by atoms with van der Waals surface area (Å²) >= 11 is 3.24. The molecule has 6 heteroatoms. The molecule has 0 aliphatic carbocycles. The molecule has 0 aliphatic heterocycles. The van der Waals surface area contributed by atoms with E-state index in [-0.39, 0.29) is 5.63 Å². The molecule has 0 saturated heterocycles. The minimum absolute atomic E-state index is 0.352. The molecule has 4 nitrogen and oxygen atoms in total. The van der Waals surface area contributed by atoms with E-state index in [0.29, 0.717) is 11.1 Å². The minimum Gasteiger partial charge on any atom is -0.497 e. The summed E-state index contributed by atoms with van der Waals surface area (Å²) < 4.78 is 10.9. The lowest BCUT2D eigenvalue weighted by Gasteiger charge is -2.03. The summed E-state index contributed by atoms with van der Waals surface area (Å²) in [6.45, 7) is 4.17. The maximum Gasteiger partial charge on any atom is 0.345 e. The van der Waals surface area contributed by atoms with E-state index in [4.69, 9.17) is 14.1 Å². The summed E-state index contributed by atoms with van der Waals surface area (Å²) in [5.41, 5.74) is 3.62. The molecule has 3 aromatic heterocycles. The Morgan fingerprint density at radius 3 is 2.42 bits per heavy atom. The van der Waals surface area contributed by atoms with Gasteiger partial charge in [-0.05, 0) is 56.3 Å². The van der Waals surface area contributed by atoms with Crippen LogP contribution in [0.2, 0.25) is 0 Å². The minimum atomic E-state index is -0.352. The highest BCUT2D eigenvalue weighted by molar-refractivity contribution is 7.19. The predicted molar refractivity (Wildman–Crippen MR) is 128 cm³/mol. The molecule has 0 fully saturated rings. The molecule has 0 bridgehead atoms. The molecule has 154 valence electrons. The van der Waals surface area contributed by atoms with E-state index < -0.39 is 0 Å². The van der Waals surface area contributed by atoms with Crippen molar-refractivity contribution in [1.82, 2.24) is 4.98 Å². The number of hydrogen-bond acceptors (Lipinski definition) is 6. The Hall–Kier alpha value is -3.22. The standard InChI is InChI=1S/C25H19NO3S2/c1-14-12-19(15(2)30-14)22-23(20-13-17-6-4-5-7-21(17)29-25(20)27)31-24(26-22)16-8-10-18(28-3)11-9-16/h4-13H,1-3H3. The normalized spacial score (nSPS) is 11.2.